The van der Waals surface area contributed by atoms with E-state index in [2.05, 4.69) is 10.3 Å². The van der Waals surface area contributed by atoms with E-state index < -0.39 is 17.9 Å². The number of carboxylic acids is 1. The predicted octanol–water partition coefficient (Wildman–Crippen LogP) is 0.503. The zero-order chi connectivity index (χ0) is 13.0. The number of carbonyl (C=O) groups excluding carboxylic acids is 1. The molecule has 1 aromatic heterocycles. The van der Waals surface area contributed by atoms with Crippen molar-refractivity contribution >= 4 is 17.6 Å². The van der Waals surface area contributed by atoms with Gasteiger partial charge in [0.2, 0.25) is 0 Å². The lowest BCUT2D eigenvalue weighted by atomic mass is 10.0. The van der Waals surface area contributed by atoms with Gasteiger partial charge in [-0.25, -0.2) is 4.79 Å². The number of aromatic nitrogens is 1. The Morgan fingerprint density at radius 1 is 1.41 bits per heavy atom. The molecule has 1 aromatic rings. The lowest BCUT2D eigenvalue weighted by Crippen LogP contribution is -2.44. The number of amides is 1. The van der Waals surface area contributed by atoms with Crippen molar-refractivity contribution in [2.45, 2.75) is 19.9 Å². The van der Waals surface area contributed by atoms with E-state index in [1.165, 1.54) is 18.5 Å². The predicted molar refractivity (Wildman–Crippen MR) is 62.4 cm³/mol. The number of nitrogen functional groups attached to an aromatic ring is 1. The van der Waals surface area contributed by atoms with Gasteiger partial charge in [0.15, 0.2) is 0 Å². The van der Waals surface area contributed by atoms with Crippen LogP contribution in [0.1, 0.15) is 24.2 Å². The quantitative estimate of drug-likeness (QED) is 0.707. The van der Waals surface area contributed by atoms with E-state index in [-0.39, 0.29) is 11.5 Å². The molecule has 0 spiro atoms. The van der Waals surface area contributed by atoms with Crippen molar-refractivity contribution in [1.82, 2.24) is 10.3 Å². The second kappa shape index (κ2) is 5.29. The molecule has 0 saturated heterocycles. The number of anilines is 1. The van der Waals surface area contributed by atoms with E-state index in [0.29, 0.717) is 5.69 Å². The van der Waals surface area contributed by atoms with E-state index in [9.17, 15) is 9.59 Å². The van der Waals surface area contributed by atoms with E-state index in [1.54, 1.807) is 13.8 Å². The first-order valence-electron chi connectivity index (χ1n) is 5.16. The van der Waals surface area contributed by atoms with E-state index in [0.717, 1.165) is 0 Å². The third kappa shape index (κ3) is 3.44. The molecule has 0 aliphatic heterocycles. The fourth-order valence-corrected chi connectivity index (χ4v) is 1.32. The van der Waals surface area contributed by atoms with Gasteiger partial charge in [0.05, 0.1) is 11.3 Å². The normalized spacial score (nSPS) is 12.2. The summed E-state index contributed by atoms with van der Waals surface area (Å²) in [4.78, 5) is 26.4. The van der Waals surface area contributed by atoms with Crippen LogP contribution in [-0.4, -0.2) is 28.0 Å². The van der Waals surface area contributed by atoms with Gasteiger partial charge in [0.1, 0.15) is 6.04 Å². The van der Waals surface area contributed by atoms with Crippen molar-refractivity contribution in [3.63, 3.8) is 0 Å². The Kier molecular flexibility index (Phi) is 4.03. The molecule has 6 nitrogen and oxygen atoms in total. The highest BCUT2D eigenvalue weighted by atomic mass is 16.4. The van der Waals surface area contributed by atoms with Crippen LogP contribution in [0.25, 0.3) is 0 Å². The van der Waals surface area contributed by atoms with Crippen LogP contribution in [0.2, 0.25) is 0 Å². The summed E-state index contributed by atoms with van der Waals surface area (Å²) in [5, 5.41) is 11.4. The highest BCUT2D eigenvalue weighted by Crippen LogP contribution is 2.07. The monoisotopic (exact) mass is 237 g/mol. The standard InChI is InChI=1S/C11H15N3O3/c1-6(2)9(11(16)17)14-10(15)7-3-8(12)5-13-4-7/h3-6,9H,12H2,1-2H3,(H,14,15)(H,16,17). The third-order valence-electron chi connectivity index (χ3n) is 2.24. The largest absolute Gasteiger partial charge is 0.480 e. The Balaban J connectivity index is 2.81. The topological polar surface area (TPSA) is 105 Å². The molecule has 0 aromatic carbocycles. The number of hydrogen-bond donors (Lipinski definition) is 3. The van der Waals surface area contributed by atoms with Crippen molar-refractivity contribution in [3.05, 3.63) is 24.0 Å². The number of pyridine rings is 1. The zero-order valence-corrected chi connectivity index (χ0v) is 9.68. The molecule has 0 aliphatic rings. The van der Waals surface area contributed by atoms with Crippen LogP contribution in [0.3, 0.4) is 0 Å². The molecular weight excluding hydrogens is 222 g/mol. The van der Waals surface area contributed by atoms with Gasteiger partial charge in [-0.15, -0.1) is 0 Å². The number of nitrogens with two attached hydrogens (primary N) is 1. The minimum atomic E-state index is -1.06. The third-order valence-corrected chi connectivity index (χ3v) is 2.24. The summed E-state index contributed by atoms with van der Waals surface area (Å²) >= 11 is 0. The van der Waals surface area contributed by atoms with Crippen LogP contribution < -0.4 is 11.1 Å². The molecule has 0 bridgehead atoms. The number of nitrogens with one attached hydrogen (secondary N) is 1. The van der Waals surface area contributed by atoms with Gasteiger partial charge in [-0.05, 0) is 12.0 Å². The minimum Gasteiger partial charge on any atom is -0.480 e. The molecule has 0 fully saturated rings. The summed E-state index contributed by atoms with van der Waals surface area (Å²) in [6.07, 6.45) is 2.75. The summed E-state index contributed by atoms with van der Waals surface area (Å²) in [5.74, 6) is -1.76. The lowest BCUT2D eigenvalue weighted by Gasteiger charge is -2.17. The number of aliphatic carboxylic acids is 1. The van der Waals surface area contributed by atoms with E-state index in [4.69, 9.17) is 10.8 Å². The molecule has 1 heterocycles. The van der Waals surface area contributed by atoms with E-state index in [1.807, 2.05) is 0 Å². The Bertz CT molecular complexity index is 432. The summed E-state index contributed by atoms with van der Waals surface area (Å²) in [6.45, 7) is 3.44. The molecule has 0 aliphatic carbocycles. The van der Waals surface area contributed by atoms with E-state index >= 15 is 0 Å². The van der Waals surface area contributed by atoms with Gasteiger partial charge < -0.3 is 16.2 Å². The van der Waals surface area contributed by atoms with Gasteiger partial charge in [0, 0.05) is 12.4 Å². The summed E-state index contributed by atoms with van der Waals surface area (Å²) in [5.41, 5.74) is 6.09. The Morgan fingerprint density at radius 2 is 2.06 bits per heavy atom. The molecule has 1 atom stereocenters. The number of carbonyl (C=O) groups is 2. The summed E-state index contributed by atoms with van der Waals surface area (Å²) in [6, 6.07) is 0.519. The average molecular weight is 237 g/mol. The van der Waals surface area contributed by atoms with Gasteiger partial charge in [-0.3, -0.25) is 9.78 Å². The van der Waals surface area contributed by atoms with Crippen molar-refractivity contribution < 1.29 is 14.7 Å². The number of carboxylic acid groups (broad SMARTS) is 1. The summed E-state index contributed by atoms with van der Waals surface area (Å²) in [7, 11) is 0. The molecule has 6 heteroatoms. The molecule has 4 N–H and O–H groups in total. The zero-order valence-electron chi connectivity index (χ0n) is 9.68. The molecule has 0 saturated carbocycles. The van der Waals surface area contributed by atoms with Gasteiger partial charge in [0.25, 0.3) is 5.91 Å². The highest BCUT2D eigenvalue weighted by molar-refractivity contribution is 5.96. The highest BCUT2D eigenvalue weighted by Gasteiger charge is 2.23. The fraction of sp³-hybridized carbons (Fsp3) is 0.364. The second-order valence-electron chi connectivity index (χ2n) is 4.04. The first-order valence-corrected chi connectivity index (χ1v) is 5.16. The van der Waals surface area contributed by atoms with Crippen LogP contribution in [-0.2, 0) is 4.79 Å². The molecule has 1 rings (SSSR count). The van der Waals surface area contributed by atoms with Gasteiger partial charge >= 0.3 is 5.97 Å². The average Bonchev–Trinajstić information content (AvgIpc) is 2.24. The van der Waals surface area contributed by atoms with Crippen LogP contribution in [0.4, 0.5) is 5.69 Å². The first kappa shape index (κ1) is 13.0. The number of hydrogen-bond acceptors (Lipinski definition) is 4. The van der Waals surface area contributed by atoms with Crippen LogP contribution in [0.15, 0.2) is 18.5 Å². The molecule has 1 amide bonds. The number of rotatable bonds is 4. The van der Waals surface area contributed by atoms with Gasteiger partial charge in [-0.1, -0.05) is 13.8 Å². The van der Waals surface area contributed by atoms with Gasteiger partial charge in [-0.2, -0.15) is 0 Å². The Morgan fingerprint density at radius 3 is 2.53 bits per heavy atom. The maximum absolute atomic E-state index is 11.7. The number of nitrogens with zero attached hydrogens (tertiary/aromatic N) is 1. The second-order valence-corrected chi connectivity index (χ2v) is 4.04. The van der Waals surface area contributed by atoms with Crippen molar-refractivity contribution in [2.75, 3.05) is 5.73 Å². The minimum absolute atomic E-state index is 0.203. The van der Waals surface area contributed by atoms with Crippen LogP contribution in [0.5, 0.6) is 0 Å². The molecule has 92 valence electrons. The molecule has 0 radical (unpaired) electrons. The van der Waals surface area contributed by atoms with Crippen LogP contribution in [0, 0.1) is 5.92 Å². The van der Waals surface area contributed by atoms with Crippen molar-refractivity contribution in [3.8, 4) is 0 Å². The van der Waals surface area contributed by atoms with Crippen molar-refractivity contribution in [2.24, 2.45) is 5.92 Å². The Labute approximate surface area is 98.8 Å². The molecule has 17 heavy (non-hydrogen) atoms. The maximum Gasteiger partial charge on any atom is 0.326 e. The lowest BCUT2D eigenvalue weighted by molar-refractivity contribution is -0.140. The first-order chi connectivity index (χ1) is 7.91. The van der Waals surface area contributed by atoms with Crippen molar-refractivity contribution in [1.29, 1.82) is 0 Å². The van der Waals surface area contributed by atoms with Crippen LogP contribution >= 0.6 is 0 Å². The summed E-state index contributed by atoms with van der Waals surface area (Å²) < 4.78 is 0. The fourth-order valence-electron chi connectivity index (χ4n) is 1.32. The smallest absolute Gasteiger partial charge is 0.326 e. The molecule has 1 unspecified atom stereocenters. The molecular formula is C11H15N3O3. The SMILES string of the molecule is CC(C)C(NC(=O)c1cncc(N)c1)C(=O)O. The Hall–Kier alpha value is -2.11. The maximum atomic E-state index is 11.7.